The fraction of sp³-hybridized carbons (Fsp3) is 0.263. The van der Waals surface area contributed by atoms with Gasteiger partial charge < -0.3 is 5.11 Å². The third-order valence-electron chi connectivity index (χ3n) is 3.88. The van der Waals surface area contributed by atoms with Gasteiger partial charge in [0.1, 0.15) is 0 Å². The highest BCUT2D eigenvalue weighted by Crippen LogP contribution is 2.28. The maximum atomic E-state index is 10.9. The largest absolute Gasteiger partial charge is 0.478 e. The molecule has 112 valence electrons. The van der Waals surface area contributed by atoms with Crippen LogP contribution in [0.2, 0.25) is 0 Å². The fourth-order valence-electron chi connectivity index (χ4n) is 2.97. The van der Waals surface area contributed by atoms with E-state index in [9.17, 15) is 10.1 Å². The number of hydrogen-bond acceptors (Lipinski definition) is 2. The van der Waals surface area contributed by atoms with Crippen LogP contribution < -0.4 is 0 Å². The molecule has 1 atom stereocenters. The molecule has 0 aromatic heterocycles. The van der Waals surface area contributed by atoms with Gasteiger partial charge in [0, 0.05) is 0 Å². The van der Waals surface area contributed by atoms with E-state index in [-0.39, 0.29) is 11.5 Å². The third kappa shape index (κ3) is 3.35. The molecule has 0 radical (unpaired) electrons. The Balaban J connectivity index is 2.30. The van der Waals surface area contributed by atoms with Crippen molar-refractivity contribution < 1.29 is 9.90 Å². The van der Waals surface area contributed by atoms with Crippen LogP contribution in [0, 0.1) is 32.1 Å². The minimum atomic E-state index is -0.936. The van der Waals surface area contributed by atoms with Crippen molar-refractivity contribution in [2.24, 2.45) is 0 Å². The van der Waals surface area contributed by atoms with Crippen LogP contribution in [0.1, 0.15) is 44.1 Å². The first kappa shape index (κ1) is 15.8. The zero-order valence-electron chi connectivity index (χ0n) is 13.1. The Bertz CT molecular complexity index is 716. The van der Waals surface area contributed by atoms with Crippen molar-refractivity contribution in [1.82, 2.24) is 0 Å². The first-order chi connectivity index (χ1) is 10.4. The normalized spacial score (nSPS) is 11.7. The van der Waals surface area contributed by atoms with Gasteiger partial charge in [0.25, 0.3) is 0 Å². The zero-order chi connectivity index (χ0) is 16.3. The van der Waals surface area contributed by atoms with E-state index in [1.807, 2.05) is 13.8 Å². The summed E-state index contributed by atoms with van der Waals surface area (Å²) in [6.45, 7) is 6.12. The summed E-state index contributed by atoms with van der Waals surface area (Å²) >= 11 is 0. The number of hydrogen-bond donors (Lipinski definition) is 1. The molecule has 2 rings (SSSR count). The molecule has 2 aromatic rings. The van der Waals surface area contributed by atoms with Gasteiger partial charge in [0.15, 0.2) is 0 Å². The SMILES string of the molecule is Cc1cc(C)c(C(C#N)Cc2ccc(C(=O)O)cc2)c(C)c1. The van der Waals surface area contributed by atoms with Gasteiger partial charge in [0.2, 0.25) is 0 Å². The molecule has 0 fully saturated rings. The van der Waals surface area contributed by atoms with E-state index >= 15 is 0 Å². The number of carboxylic acids is 1. The van der Waals surface area contributed by atoms with Crippen LogP contribution in [0.15, 0.2) is 36.4 Å². The number of carboxylic acid groups (broad SMARTS) is 1. The smallest absolute Gasteiger partial charge is 0.335 e. The molecule has 2 aromatic carbocycles. The summed E-state index contributed by atoms with van der Waals surface area (Å²) in [6.07, 6.45) is 0.584. The lowest BCUT2D eigenvalue weighted by Gasteiger charge is -2.16. The van der Waals surface area contributed by atoms with Crippen molar-refractivity contribution in [2.45, 2.75) is 33.1 Å². The van der Waals surface area contributed by atoms with Crippen molar-refractivity contribution in [2.75, 3.05) is 0 Å². The number of carbonyl (C=O) groups is 1. The lowest BCUT2D eigenvalue weighted by molar-refractivity contribution is 0.0697. The minimum Gasteiger partial charge on any atom is -0.478 e. The summed E-state index contributed by atoms with van der Waals surface area (Å²) in [5, 5.41) is 18.5. The molecule has 22 heavy (non-hydrogen) atoms. The summed E-state index contributed by atoms with van der Waals surface area (Å²) in [7, 11) is 0. The van der Waals surface area contributed by atoms with E-state index in [4.69, 9.17) is 5.11 Å². The second-order valence-electron chi connectivity index (χ2n) is 5.70. The highest BCUT2D eigenvalue weighted by molar-refractivity contribution is 5.87. The third-order valence-corrected chi connectivity index (χ3v) is 3.88. The van der Waals surface area contributed by atoms with Gasteiger partial charge in [-0.25, -0.2) is 4.79 Å². The van der Waals surface area contributed by atoms with Gasteiger partial charge in [-0.15, -0.1) is 0 Å². The molecule has 0 amide bonds. The average molecular weight is 293 g/mol. The molecule has 0 saturated carbocycles. The molecule has 0 spiro atoms. The van der Waals surface area contributed by atoms with Crippen molar-refractivity contribution in [3.05, 3.63) is 69.8 Å². The highest BCUT2D eigenvalue weighted by Gasteiger charge is 2.17. The van der Waals surface area contributed by atoms with Crippen molar-refractivity contribution >= 4 is 5.97 Å². The highest BCUT2D eigenvalue weighted by atomic mass is 16.4. The Labute approximate surface area is 130 Å². The summed E-state index contributed by atoms with van der Waals surface area (Å²) in [4.78, 5) is 10.9. The molecule has 0 aliphatic carbocycles. The maximum absolute atomic E-state index is 10.9. The summed E-state index contributed by atoms with van der Waals surface area (Å²) < 4.78 is 0. The van der Waals surface area contributed by atoms with Crippen LogP contribution in [-0.4, -0.2) is 11.1 Å². The average Bonchev–Trinajstić information content (AvgIpc) is 2.45. The monoisotopic (exact) mass is 293 g/mol. The van der Waals surface area contributed by atoms with E-state index in [0.717, 1.165) is 22.3 Å². The molecule has 0 heterocycles. The Morgan fingerprint density at radius 1 is 1.14 bits per heavy atom. The quantitative estimate of drug-likeness (QED) is 0.920. The lowest BCUT2D eigenvalue weighted by atomic mass is 9.86. The van der Waals surface area contributed by atoms with E-state index in [0.29, 0.717) is 6.42 Å². The first-order valence-electron chi connectivity index (χ1n) is 7.22. The van der Waals surface area contributed by atoms with Gasteiger partial charge in [-0.1, -0.05) is 29.8 Å². The summed E-state index contributed by atoms with van der Waals surface area (Å²) in [5.41, 5.74) is 5.77. The molecule has 3 heteroatoms. The van der Waals surface area contributed by atoms with Crippen molar-refractivity contribution in [3.63, 3.8) is 0 Å². The fourth-order valence-corrected chi connectivity index (χ4v) is 2.97. The molecular weight excluding hydrogens is 274 g/mol. The number of rotatable bonds is 4. The summed E-state index contributed by atoms with van der Waals surface area (Å²) in [6, 6.07) is 13.3. The van der Waals surface area contributed by atoms with E-state index < -0.39 is 5.97 Å². The molecule has 0 saturated heterocycles. The van der Waals surface area contributed by atoms with E-state index in [1.165, 1.54) is 5.56 Å². The molecule has 0 bridgehead atoms. The number of aryl methyl sites for hydroxylation is 3. The van der Waals surface area contributed by atoms with Crippen LogP contribution in [0.4, 0.5) is 0 Å². The van der Waals surface area contributed by atoms with Crippen LogP contribution >= 0.6 is 0 Å². The molecule has 1 N–H and O–H groups in total. The predicted octanol–water partition coefficient (Wildman–Crippen LogP) is 4.16. The van der Waals surface area contributed by atoms with Gasteiger partial charge in [-0.05, 0) is 61.6 Å². The second kappa shape index (κ2) is 6.44. The number of nitrogens with zero attached hydrogens (tertiary/aromatic N) is 1. The molecular formula is C19H19NO2. The van der Waals surface area contributed by atoms with Gasteiger partial charge in [0.05, 0.1) is 17.6 Å². The Morgan fingerprint density at radius 2 is 1.68 bits per heavy atom. The van der Waals surface area contributed by atoms with Gasteiger partial charge in [-0.3, -0.25) is 0 Å². The molecule has 1 unspecified atom stereocenters. The number of nitriles is 1. The second-order valence-corrected chi connectivity index (χ2v) is 5.70. The first-order valence-corrected chi connectivity index (χ1v) is 7.22. The van der Waals surface area contributed by atoms with Crippen molar-refractivity contribution in [3.8, 4) is 6.07 Å². The summed E-state index contributed by atoms with van der Waals surface area (Å²) in [5.74, 6) is -1.16. The molecule has 0 aliphatic rings. The van der Waals surface area contributed by atoms with Crippen LogP contribution in [0.3, 0.4) is 0 Å². The lowest BCUT2D eigenvalue weighted by Crippen LogP contribution is -2.06. The number of benzene rings is 2. The number of aromatic carboxylic acids is 1. The van der Waals surface area contributed by atoms with Crippen LogP contribution in [0.25, 0.3) is 0 Å². The topological polar surface area (TPSA) is 61.1 Å². The molecule has 0 aliphatic heterocycles. The molecule has 3 nitrogen and oxygen atoms in total. The van der Waals surface area contributed by atoms with Crippen LogP contribution in [-0.2, 0) is 6.42 Å². The maximum Gasteiger partial charge on any atom is 0.335 e. The standard InChI is InChI=1S/C19H19NO2/c1-12-8-13(2)18(14(3)9-12)17(11-20)10-15-4-6-16(7-5-15)19(21)22/h4-9,17H,10H2,1-3H3,(H,21,22). The Hall–Kier alpha value is -2.60. The van der Waals surface area contributed by atoms with Gasteiger partial charge in [-0.2, -0.15) is 5.26 Å². The van der Waals surface area contributed by atoms with E-state index in [2.05, 4.69) is 25.1 Å². The Morgan fingerprint density at radius 3 is 2.14 bits per heavy atom. The van der Waals surface area contributed by atoms with E-state index in [1.54, 1.807) is 24.3 Å². The predicted molar refractivity (Wildman–Crippen MR) is 86.1 cm³/mol. The van der Waals surface area contributed by atoms with Crippen LogP contribution in [0.5, 0.6) is 0 Å². The zero-order valence-corrected chi connectivity index (χ0v) is 13.1. The Kier molecular flexibility index (Phi) is 4.62. The minimum absolute atomic E-state index is 0.226. The van der Waals surface area contributed by atoms with Crippen molar-refractivity contribution in [1.29, 1.82) is 5.26 Å². The van der Waals surface area contributed by atoms with Gasteiger partial charge >= 0.3 is 5.97 Å².